The van der Waals surface area contributed by atoms with E-state index in [1.165, 1.54) is 22.3 Å². The van der Waals surface area contributed by atoms with Crippen molar-refractivity contribution in [1.82, 2.24) is 10.3 Å². The van der Waals surface area contributed by atoms with E-state index in [2.05, 4.69) is 50.1 Å². The van der Waals surface area contributed by atoms with Crippen molar-refractivity contribution in [3.63, 3.8) is 0 Å². The van der Waals surface area contributed by atoms with Gasteiger partial charge in [-0.25, -0.2) is 4.98 Å². The monoisotopic (exact) mass is 258 g/mol. The van der Waals surface area contributed by atoms with Gasteiger partial charge in [0.1, 0.15) is 0 Å². The Balaban J connectivity index is 2.23. The van der Waals surface area contributed by atoms with Crippen molar-refractivity contribution >= 4 is 0 Å². The second kappa shape index (κ2) is 6.02. The van der Waals surface area contributed by atoms with E-state index in [1.807, 2.05) is 6.20 Å². The van der Waals surface area contributed by atoms with Crippen LogP contribution in [0.2, 0.25) is 0 Å². The van der Waals surface area contributed by atoms with Gasteiger partial charge in [-0.15, -0.1) is 0 Å². The van der Waals surface area contributed by atoms with Gasteiger partial charge in [0.2, 0.25) is 0 Å². The van der Waals surface area contributed by atoms with Crippen LogP contribution in [0.25, 0.3) is 11.3 Å². The van der Waals surface area contributed by atoms with Crippen LogP contribution in [0, 0.1) is 20.8 Å². The zero-order valence-corrected chi connectivity index (χ0v) is 12.2. The van der Waals surface area contributed by atoms with E-state index in [-0.39, 0.29) is 0 Å². The molecular weight excluding hydrogens is 236 g/mol. The van der Waals surface area contributed by atoms with E-state index in [9.17, 15) is 0 Å². The highest BCUT2D eigenvalue weighted by Gasteiger charge is 2.11. The van der Waals surface area contributed by atoms with E-state index >= 15 is 0 Å². The molecule has 0 unspecified atom stereocenters. The Kier molecular flexibility index (Phi) is 4.38. The lowest BCUT2D eigenvalue weighted by Crippen LogP contribution is -2.16. The molecule has 0 bridgehead atoms. The second-order valence-electron chi connectivity index (χ2n) is 5.00. The SMILES string of the molecule is CCNCCc1ncc(-c2c(C)cc(C)cc2C)o1. The summed E-state index contributed by atoms with van der Waals surface area (Å²) >= 11 is 0. The molecule has 0 amide bonds. The molecule has 0 atom stereocenters. The third-order valence-electron chi connectivity index (χ3n) is 3.24. The maximum atomic E-state index is 5.87. The minimum Gasteiger partial charge on any atom is -0.441 e. The molecule has 102 valence electrons. The second-order valence-corrected chi connectivity index (χ2v) is 5.00. The van der Waals surface area contributed by atoms with Crippen molar-refractivity contribution in [2.45, 2.75) is 34.1 Å². The van der Waals surface area contributed by atoms with Crippen LogP contribution in [-0.2, 0) is 6.42 Å². The number of oxazole rings is 1. The van der Waals surface area contributed by atoms with Crippen LogP contribution in [0.1, 0.15) is 29.5 Å². The van der Waals surface area contributed by atoms with E-state index < -0.39 is 0 Å². The van der Waals surface area contributed by atoms with Gasteiger partial charge in [-0.3, -0.25) is 0 Å². The minimum atomic E-state index is 0.801. The fraction of sp³-hybridized carbons (Fsp3) is 0.438. The molecule has 1 aromatic carbocycles. The average molecular weight is 258 g/mol. The fourth-order valence-electron chi connectivity index (χ4n) is 2.48. The third-order valence-corrected chi connectivity index (χ3v) is 3.24. The van der Waals surface area contributed by atoms with Gasteiger partial charge in [0.05, 0.1) is 6.20 Å². The summed E-state index contributed by atoms with van der Waals surface area (Å²) in [5.41, 5.74) is 4.94. The molecular formula is C16H22N2O. The molecule has 1 heterocycles. The summed E-state index contributed by atoms with van der Waals surface area (Å²) in [6, 6.07) is 4.37. The smallest absolute Gasteiger partial charge is 0.196 e. The zero-order valence-electron chi connectivity index (χ0n) is 12.2. The first-order chi connectivity index (χ1) is 9.11. The summed E-state index contributed by atoms with van der Waals surface area (Å²) in [5, 5.41) is 3.28. The van der Waals surface area contributed by atoms with Crippen molar-refractivity contribution in [3.05, 3.63) is 40.9 Å². The number of benzene rings is 1. The molecule has 0 radical (unpaired) electrons. The van der Waals surface area contributed by atoms with Gasteiger partial charge in [0, 0.05) is 18.5 Å². The quantitative estimate of drug-likeness (QED) is 0.835. The first-order valence-corrected chi connectivity index (χ1v) is 6.85. The Morgan fingerprint density at radius 3 is 2.47 bits per heavy atom. The number of hydrogen-bond donors (Lipinski definition) is 1. The molecule has 1 aromatic heterocycles. The molecule has 19 heavy (non-hydrogen) atoms. The molecule has 0 saturated carbocycles. The Morgan fingerprint density at radius 1 is 1.16 bits per heavy atom. The first kappa shape index (κ1) is 13.8. The van der Waals surface area contributed by atoms with Crippen molar-refractivity contribution in [3.8, 4) is 11.3 Å². The number of nitrogens with one attached hydrogen (secondary N) is 1. The van der Waals surface area contributed by atoms with Gasteiger partial charge in [0.25, 0.3) is 0 Å². The molecule has 0 aliphatic carbocycles. The van der Waals surface area contributed by atoms with Gasteiger partial charge in [-0.2, -0.15) is 0 Å². The maximum absolute atomic E-state index is 5.87. The molecule has 1 N–H and O–H groups in total. The lowest BCUT2D eigenvalue weighted by molar-refractivity contribution is 0.497. The van der Waals surface area contributed by atoms with Crippen LogP contribution in [0.15, 0.2) is 22.7 Å². The van der Waals surface area contributed by atoms with Crippen molar-refractivity contribution < 1.29 is 4.42 Å². The van der Waals surface area contributed by atoms with Gasteiger partial charge in [-0.05, 0) is 38.4 Å². The first-order valence-electron chi connectivity index (χ1n) is 6.85. The minimum absolute atomic E-state index is 0.801. The predicted octanol–water partition coefficient (Wildman–Crippen LogP) is 3.42. The molecule has 0 fully saturated rings. The van der Waals surface area contributed by atoms with Crippen molar-refractivity contribution in [2.24, 2.45) is 0 Å². The molecule has 2 rings (SSSR count). The van der Waals surface area contributed by atoms with Crippen LogP contribution in [-0.4, -0.2) is 18.1 Å². The van der Waals surface area contributed by atoms with E-state index in [0.29, 0.717) is 0 Å². The lowest BCUT2D eigenvalue weighted by atomic mass is 9.98. The summed E-state index contributed by atoms with van der Waals surface area (Å²) in [5.74, 6) is 1.68. The van der Waals surface area contributed by atoms with Gasteiger partial charge in [0.15, 0.2) is 11.7 Å². The highest BCUT2D eigenvalue weighted by Crippen LogP contribution is 2.28. The molecule has 3 heteroatoms. The lowest BCUT2D eigenvalue weighted by Gasteiger charge is -2.08. The summed E-state index contributed by atoms with van der Waals surface area (Å²) in [6.07, 6.45) is 2.67. The summed E-state index contributed by atoms with van der Waals surface area (Å²) < 4.78 is 5.87. The molecule has 0 spiro atoms. The van der Waals surface area contributed by atoms with Crippen LogP contribution in [0.4, 0.5) is 0 Å². The number of hydrogen-bond acceptors (Lipinski definition) is 3. The van der Waals surface area contributed by atoms with Crippen molar-refractivity contribution in [2.75, 3.05) is 13.1 Å². The standard InChI is InChI=1S/C16H22N2O/c1-5-17-7-6-15-18-10-14(19-15)16-12(3)8-11(2)9-13(16)4/h8-10,17H,5-7H2,1-4H3. The molecule has 2 aromatic rings. The highest BCUT2D eigenvalue weighted by molar-refractivity contribution is 5.66. The number of nitrogens with zero attached hydrogens (tertiary/aromatic N) is 1. The normalized spacial score (nSPS) is 10.9. The highest BCUT2D eigenvalue weighted by atomic mass is 16.4. The average Bonchev–Trinajstić information content (AvgIpc) is 2.76. The summed E-state index contributed by atoms with van der Waals surface area (Å²) in [7, 11) is 0. The largest absolute Gasteiger partial charge is 0.441 e. The number of rotatable bonds is 5. The van der Waals surface area contributed by atoms with Crippen molar-refractivity contribution in [1.29, 1.82) is 0 Å². The zero-order chi connectivity index (χ0) is 13.8. The Labute approximate surface area is 115 Å². The molecule has 0 aliphatic heterocycles. The number of aryl methyl sites for hydroxylation is 3. The maximum Gasteiger partial charge on any atom is 0.196 e. The molecule has 0 aliphatic rings. The van der Waals surface area contributed by atoms with Gasteiger partial charge < -0.3 is 9.73 Å². The third kappa shape index (κ3) is 3.24. The summed E-state index contributed by atoms with van der Waals surface area (Å²) in [6.45, 7) is 10.3. The Morgan fingerprint density at radius 2 is 1.84 bits per heavy atom. The van der Waals surface area contributed by atoms with Gasteiger partial charge >= 0.3 is 0 Å². The number of aromatic nitrogens is 1. The van der Waals surface area contributed by atoms with E-state index in [1.54, 1.807) is 0 Å². The fourth-order valence-corrected chi connectivity index (χ4v) is 2.48. The van der Waals surface area contributed by atoms with Gasteiger partial charge in [-0.1, -0.05) is 24.6 Å². The Hall–Kier alpha value is -1.61. The molecule has 3 nitrogen and oxygen atoms in total. The predicted molar refractivity (Wildman–Crippen MR) is 78.4 cm³/mol. The number of likely N-dealkylation sites (N-methyl/N-ethyl adjacent to an activating group) is 1. The van der Waals surface area contributed by atoms with Crippen LogP contribution >= 0.6 is 0 Å². The van der Waals surface area contributed by atoms with Crippen LogP contribution in [0.5, 0.6) is 0 Å². The Bertz CT molecular complexity index is 535. The van der Waals surface area contributed by atoms with E-state index in [4.69, 9.17) is 4.42 Å². The summed E-state index contributed by atoms with van der Waals surface area (Å²) in [4.78, 5) is 4.36. The van der Waals surface area contributed by atoms with Crippen LogP contribution < -0.4 is 5.32 Å². The molecule has 0 saturated heterocycles. The van der Waals surface area contributed by atoms with Crippen LogP contribution in [0.3, 0.4) is 0 Å². The van der Waals surface area contributed by atoms with E-state index in [0.717, 1.165) is 31.2 Å². The topological polar surface area (TPSA) is 38.1 Å².